The van der Waals surface area contributed by atoms with E-state index in [0.29, 0.717) is 33.5 Å². The number of hydrogen-bond donors (Lipinski definition) is 2. The number of anilines is 1. The highest BCUT2D eigenvalue weighted by molar-refractivity contribution is 6.35. The van der Waals surface area contributed by atoms with Gasteiger partial charge in [-0.2, -0.15) is 18.3 Å². The third-order valence-corrected chi connectivity index (χ3v) is 4.40. The normalized spacial score (nSPS) is 11.7. The van der Waals surface area contributed by atoms with Crippen LogP contribution in [0, 0.1) is 0 Å². The summed E-state index contributed by atoms with van der Waals surface area (Å²) in [6.45, 7) is 1.89. The van der Waals surface area contributed by atoms with Crippen molar-refractivity contribution in [1.82, 2.24) is 5.43 Å². The van der Waals surface area contributed by atoms with E-state index in [1.54, 1.807) is 30.4 Å². The van der Waals surface area contributed by atoms with Gasteiger partial charge in [0, 0.05) is 17.1 Å². The first-order valence-electron chi connectivity index (χ1n) is 8.96. The van der Waals surface area contributed by atoms with E-state index in [0.717, 1.165) is 0 Å². The number of carbonyl (C=O) groups is 2. The van der Waals surface area contributed by atoms with Crippen LogP contribution in [0.3, 0.4) is 0 Å². The van der Waals surface area contributed by atoms with Gasteiger partial charge in [-0.25, -0.2) is 5.43 Å². The molecule has 2 amide bonds. The molecular formula is C20H18Cl2F3N3O3. The van der Waals surface area contributed by atoms with Crippen LogP contribution < -0.4 is 15.5 Å². The van der Waals surface area contributed by atoms with Crippen molar-refractivity contribution in [2.24, 2.45) is 5.10 Å². The smallest absolute Gasteiger partial charge is 0.471 e. The molecule has 0 aliphatic heterocycles. The third-order valence-electron chi connectivity index (χ3n) is 3.87. The first kappa shape index (κ1) is 24.5. The van der Waals surface area contributed by atoms with E-state index in [1.807, 2.05) is 0 Å². The fourth-order valence-electron chi connectivity index (χ4n) is 2.27. The number of benzene rings is 2. The Morgan fingerprint density at radius 1 is 1.10 bits per heavy atom. The van der Waals surface area contributed by atoms with Gasteiger partial charge in [-0.3, -0.25) is 9.59 Å². The minimum absolute atomic E-state index is 0.0105. The second-order valence-electron chi connectivity index (χ2n) is 6.29. The van der Waals surface area contributed by atoms with Crippen molar-refractivity contribution < 1.29 is 27.5 Å². The average molecular weight is 476 g/mol. The number of halogens is 5. The van der Waals surface area contributed by atoms with Crippen LogP contribution in [-0.2, 0) is 9.59 Å². The summed E-state index contributed by atoms with van der Waals surface area (Å²) in [7, 11) is 0. The minimum atomic E-state index is -4.97. The van der Waals surface area contributed by atoms with Gasteiger partial charge in [0.25, 0.3) is 0 Å². The van der Waals surface area contributed by atoms with E-state index < -0.39 is 12.1 Å². The Balaban J connectivity index is 1.78. The maximum absolute atomic E-state index is 12.3. The molecule has 0 bridgehead atoms. The summed E-state index contributed by atoms with van der Waals surface area (Å²) >= 11 is 11.8. The molecule has 11 heteroatoms. The predicted molar refractivity (Wildman–Crippen MR) is 113 cm³/mol. The molecule has 0 aliphatic rings. The van der Waals surface area contributed by atoms with Gasteiger partial charge in [0.1, 0.15) is 5.75 Å². The Hall–Kier alpha value is -2.78. The van der Waals surface area contributed by atoms with Gasteiger partial charge in [-0.15, -0.1) is 0 Å². The van der Waals surface area contributed by atoms with Crippen LogP contribution >= 0.6 is 23.2 Å². The van der Waals surface area contributed by atoms with Crippen molar-refractivity contribution in [3.63, 3.8) is 0 Å². The topological polar surface area (TPSA) is 79.8 Å². The number of nitrogens with zero attached hydrogens (tertiary/aromatic N) is 1. The lowest BCUT2D eigenvalue weighted by molar-refractivity contribution is -0.167. The summed E-state index contributed by atoms with van der Waals surface area (Å²) in [5.74, 6) is -1.92. The van der Waals surface area contributed by atoms with Crippen LogP contribution in [0.25, 0.3) is 0 Å². The van der Waals surface area contributed by atoms with Gasteiger partial charge in [-0.05, 0) is 49.2 Å². The van der Waals surface area contributed by atoms with Gasteiger partial charge in [0.05, 0.1) is 17.3 Å². The number of alkyl halides is 3. The van der Waals surface area contributed by atoms with Crippen molar-refractivity contribution in [1.29, 1.82) is 0 Å². The molecule has 0 aromatic heterocycles. The minimum Gasteiger partial charge on any atom is -0.492 e. The fraction of sp³-hybridized carbons (Fsp3) is 0.250. The molecule has 0 saturated carbocycles. The lowest BCUT2D eigenvalue weighted by Gasteiger charge is -2.09. The Labute approximate surface area is 186 Å². The highest BCUT2D eigenvalue weighted by Gasteiger charge is 2.38. The molecule has 0 saturated heterocycles. The monoisotopic (exact) mass is 475 g/mol. The summed E-state index contributed by atoms with van der Waals surface area (Å²) in [6, 6.07) is 10.4. The average Bonchev–Trinajstić information content (AvgIpc) is 2.70. The molecule has 0 heterocycles. The quantitative estimate of drug-likeness (QED) is 0.313. The van der Waals surface area contributed by atoms with Crippen molar-refractivity contribution in [3.05, 3.63) is 58.1 Å². The van der Waals surface area contributed by atoms with Crippen molar-refractivity contribution in [2.45, 2.75) is 25.9 Å². The van der Waals surface area contributed by atoms with Crippen molar-refractivity contribution >= 4 is 46.4 Å². The van der Waals surface area contributed by atoms with Crippen molar-refractivity contribution in [3.8, 4) is 5.75 Å². The molecule has 31 heavy (non-hydrogen) atoms. The molecule has 2 rings (SSSR count). The fourth-order valence-corrected chi connectivity index (χ4v) is 2.73. The van der Waals surface area contributed by atoms with E-state index in [-0.39, 0.29) is 24.6 Å². The van der Waals surface area contributed by atoms with Crippen LogP contribution in [0.2, 0.25) is 10.0 Å². The molecule has 6 nitrogen and oxygen atoms in total. The van der Waals surface area contributed by atoms with Crippen molar-refractivity contribution in [2.75, 3.05) is 11.9 Å². The Kier molecular flexibility index (Phi) is 8.70. The van der Waals surface area contributed by atoms with Gasteiger partial charge in [-0.1, -0.05) is 35.3 Å². The molecule has 2 N–H and O–H groups in total. The number of nitrogens with one attached hydrogen (secondary N) is 2. The Morgan fingerprint density at radius 2 is 1.77 bits per heavy atom. The molecular weight excluding hydrogens is 458 g/mol. The van der Waals surface area contributed by atoms with Crippen LogP contribution in [-0.4, -0.2) is 30.3 Å². The van der Waals surface area contributed by atoms with Gasteiger partial charge in [0.15, 0.2) is 0 Å². The summed E-state index contributed by atoms with van der Waals surface area (Å²) in [5.41, 5.74) is 3.38. The second kappa shape index (κ2) is 11.0. The Bertz CT molecular complexity index is 964. The summed E-state index contributed by atoms with van der Waals surface area (Å²) in [4.78, 5) is 22.8. The highest BCUT2D eigenvalue weighted by atomic mass is 35.5. The molecule has 0 aliphatic carbocycles. The van der Waals surface area contributed by atoms with E-state index in [4.69, 9.17) is 27.9 Å². The summed E-state index contributed by atoms with van der Waals surface area (Å²) < 4.78 is 42.3. The number of carbonyl (C=O) groups excluding carboxylic acids is 2. The lowest BCUT2D eigenvalue weighted by Crippen LogP contribution is -2.29. The van der Waals surface area contributed by atoms with Gasteiger partial charge in [0.2, 0.25) is 5.91 Å². The van der Waals surface area contributed by atoms with Crippen LogP contribution in [0.4, 0.5) is 18.9 Å². The van der Waals surface area contributed by atoms with E-state index >= 15 is 0 Å². The molecule has 0 radical (unpaired) electrons. The summed E-state index contributed by atoms with van der Waals surface area (Å²) in [6.07, 6.45) is -4.39. The van der Waals surface area contributed by atoms with Crippen LogP contribution in [0.15, 0.2) is 47.6 Å². The first-order valence-corrected chi connectivity index (χ1v) is 9.71. The maximum atomic E-state index is 12.3. The third kappa shape index (κ3) is 8.10. The molecule has 0 atom stereocenters. The number of hydrogen-bond acceptors (Lipinski definition) is 4. The van der Waals surface area contributed by atoms with E-state index in [9.17, 15) is 22.8 Å². The number of ether oxygens (including phenoxy) is 1. The Morgan fingerprint density at radius 3 is 2.39 bits per heavy atom. The zero-order valence-corrected chi connectivity index (χ0v) is 17.7. The number of hydrazone groups is 1. The molecule has 2 aromatic carbocycles. The van der Waals surface area contributed by atoms with Crippen LogP contribution in [0.5, 0.6) is 5.75 Å². The van der Waals surface area contributed by atoms with E-state index in [2.05, 4.69) is 10.5 Å². The second-order valence-corrected chi connectivity index (χ2v) is 7.13. The molecule has 0 spiro atoms. The van der Waals surface area contributed by atoms with Gasteiger partial charge < -0.3 is 10.1 Å². The molecule has 166 valence electrons. The number of amides is 2. The number of rotatable bonds is 8. The highest BCUT2D eigenvalue weighted by Crippen LogP contribution is 2.27. The predicted octanol–water partition coefficient (Wildman–Crippen LogP) is 5.19. The lowest BCUT2D eigenvalue weighted by atomic mass is 10.1. The SMILES string of the molecule is CC(=NNC(=O)CCCOc1ccc(Cl)cc1Cl)c1ccc(NC(=O)C(F)(F)F)cc1. The first-order chi connectivity index (χ1) is 14.6. The van der Waals surface area contributed by atoms with Gasteiger partial charge >= 0.3 is 12.1 Å². The standard InChI is InChI=1S/C20H18Cl2F3N3O3/c1-12(13-4-7-15(8-5-13)26-19(30)20(23,24)25)27-28-18(29)3-2-10-31-17-9-6-14(21)11-16(17)22/h4-9,11H,2-3,10H2,1H3,(H,26,30)(H,28,29). The zero-order valence-electron chi connectivity index (χ0n) is 16.2. The molecule has 0 fully saturated rings. The maximum Gasteiger partial charge on any atom is 0.471 e. The van der Waals surface area contributed by atoms with Crippen LogP contribution in [0.1, 0.15) is 25.3 Å². The zero-order chi connectivity index (χ0) is 23.0. The molecule has 2 aromatic rings. The molecule has 0 unspecified atom stereocenters. The van der Waals surface area contributed by atoms with E-state index in [1.165, 1.54) is 24.3 Å². The summed E-state index contributed by atoms with van der Waals surface area (Å²) in [5, 5.41) is 6.57. The largest absolute Gasteiger partial charge is 0.492 e.